The molecule has 0 heterocycles. The molecule has 0 aliphatic carbocycles. The van der Waals surface area contributed by atoms with Crippen molar-refractivity contribution in [1.29, 1.82) is 0 Å². The Kier molecular flexibility index (Phi) is 6.14. The van der Waals surface area contributed by atoms with Gasteiger partial charge in [0, 0.05) is 27.6 Å². The third kappa shape index (κ3) is 5.50. The highest BCUT2D eigenvalue weighted by Crippen LogP contribution is 2.10. The summed E-state index contributed by atoms with van der Waals surface area (Å²) in [6.07, 6.45) is 3.34. The molecule has 0 unspecified atom stereocenters. The van der Waals surface area contributed by atoms with Crippen LogP contribution in [0.2, 0.25) is 0 Å². The van der Waals surface area contributed by atoms with Crippen LogP contribution >= 0.6 is 15.9 Å². The minimum atomic E-state index is 0.974. The maximum absolute atomic E-state index is 3.42. The summed E-state index contributed by atoms with van der Waals surface area (Å²) < 4.78 is 1.07. The van der Waals surface area contributed by atoms with Crippen LogP contribution in [0.4, 0.5) is 0 Å². The summed E-state index contributed by atoms with van der Waals surface area (Å²) >= 11 is 3.42. The predicted octanol–water partition coefficient (Wildman–Crippen LogP) is 5.39. The Hall–Kier alpha value is -1.96. The van der Waals surface area contributed by atoms with Crippen molar-refractivity contribution in [1.82, 2.24) is 0 Å². The predicted molar refractivity (Wildman–Crippen MR) is 93.0 cm³/mol. The number of benzene rings is 2. The highest BCUT2D eigenvalue weighted by Gasteiger charge is 1.90. The van der Waals surface area contributed by atoms with Crippen LogP contribution in [0.5, 0.6) is 0 Å². The summed E-state index contributed by atoms with van der Waals surface area (Å²) in [5.41, 5.74) is 3.08. The topological polar surface area (TPSA) is 0 Å². The van der Waals surface area contributed by atoms with Gasteiger partial charge in [0.2, 0.25) is 0 Å². The van der Waals surface area contributed by atoms with Crippen LogP contribution in [0.1, 0.15) is 42.9 Å². The summed E-state index contributed by atoms with van der Waals surface area (Å²) in [5.74, 6) is 12.7. The van der Waals surface area contributed by atoms with Gasteiger partial charge in [0.15, 0.2) is 0 Å². The van der Waals surface area contributed by atoms with Crippen molar-refractivity contribution in [3.8, 4) is 23.7 Å². The van der Waals surface area contributed by atoms with E-state index in [1.54, 1.807) is 0 Å². The zero-order valence-electron chi connectivity index (χ0n) is 12.1. The normalized spacial score (nSPS) is 9.24. The fraction of sp³-hybridized carbons (Fsp3) is 0.200. The average Bonchev–Trinajstić information content (AvgIpc) is 2.52. The van der Waals surface area contributed by atoms with E-state index in [1.807, 2.05) is 48.5 Å². The van der Waals surface area contributed by atoms with Gasteiger partial charge in [-0.25, -0.2) is 0 Å². The van der Waals surface area contributed by atoms with E-state index in [-0.39, 0.29) is 0 Å². The lowest BCUT2D eigenvalue weighted by atomic mass is 10.1. The summed E-state index contributed by atoms with van der Waals surface area (Å²) in [7, 11) is 0. The van der Waals surface area contributed by atoms with Crippen molar-refractivity contribution in [2.24, 2.45) is 0 Å². The molecule has 0 radical (unpaired) electrons. The minimum Gasteiger partial charge on any atom is -0.0979 e. The number of hydrogen-bond donors (Lipinski definition) is 0. The van der Waals surface area contributed by atoms with Crippen LogP contribution in [-0.2, 0) is 0 Å². The standard InChI is InChI=1S/C20H17Br/c1-2-3-4-5-6-17-7-9-18(10-8-17)11-12-19-13-15-20(21)16-14-19/h7-10,13-16H,2-4H2,1H3. The Bertz CT molecular complexity index is 686. The van der Waals surface area contributed by atoms with Crippen molar-refractivity contribution in [3.63, 3.8) is 0 Å². The van der Waals surface area contributed by atoms with E-state index in [9.17, 15) is 0 Å². The summed E-state index contributed by atoms with van der Waals surface area (Å²) in [6, 6.07) is 16.1. The summed E-state index contributed by atoms with van der Waals surface area (Å²) in [6.45, 7) is 2.18. The molecule has 2 aromatic carbocycles. The lowest BCUT2D eigenvalue weighted by Gasteiger charge is -1.93. The Balaban J connectivity index is 2.02. The SMILES string of the molecule is CCCCC#Cc1ccc(C#Cc2ccc(Br)cc2)cc1. The van der Waals surface area contributed by atoms with Crippen molar-refractivity contribution < 1.29 is 0 Å². The molecule has 0 aliphatic rings. The molecule has 0 fully saturated rings. The fourth-order valence-electron chi connectivity index (χ4n) is 1.74. The van der Waals surface area contributed by atoms with Gasteiger partial charge in [-0.1, -0.05) is 53.0 Å². The lowest BCUT2D eigenvalue weighted by Crippen LogP contribution is -1.78. The van der Waals surface area contributed by atoms with Crippen LogP contribution < -0.4 is 0 Å². The molecular formula is C20H17Br. The van der Waals surface area contributed by atoms with Crippen molar-refractivity contribution >= 4 is 15.9 Å². The average molecular weight is 337 g/mol. The van der Waals surface area contributed by atoms with E-state index in [4.69, 9.17) is 0 Å². The lowest BCUT2D eigenvalue weighted by molar-refractivity contribution is 0.828. The zero-order chi connectivity index (χ0) is 14.9. The Morgan fingerprint density at radius 1 is 0.762 bits per heavy atom. The van der Waals surface area contributed by atoms with Gasteiger partial charge in [0.1, 0.15) is 0 Å². The van der Waals surface area contributed by atoms with E-state index >= 15 is 0 Å². The highest BCUT2D eigenvalue weighted by molar-refractivity contribution is 9.10. The van der Waals surface area contributed by atoms with Gasteiger partial charge in [-0.2, -0.15) is 0 Å². The molecule has 21 heavy (non-hydrogen) atoms. The first-order valence-electron chi connectivity index (χ1n) is 7.14. The Morgan fingerprint density at radius 2 is 1.24 bits per heavy atom. The van der Waals surface area contributed by atoms with Crippen molar-refractivity contribution in [2.75, 3.05) is 0 Å². The maximum atomic E-state index is 3.42. The monoisotopic (exact) mass is 336 g/mol. The van der Waals surface area contributed by atoms with Crippen LogP contribution in [-0.4, -0.2) is 0 Å². The Labute approximate surface area is 135 Å². The van der Waals surface area contributed by atoms with Crippen LogP contribution in [0.3, 0.4) is 0 Å². The Morgan fingerprint density at radius 3 is 1.76 bits per heavy atom. The number of halogens is 1. The second-order valence-electron chi connectivity index (χ2n) is 4.74. The smallest absolute Gasteiger partial charge is 0.0249 e. The van der Waals surface area contributed by atoms with E-state index in [0.29, 0.717) is 0 Å². The van der Waals surface area contributed by atoms with E-state index < -0.39 is 0 Å². The van der Waals surface area contributed by atoms with Crippen LogP contribution in [0.25, 0.3) is 0 Å². The quantitative estimate of drug-likeness (QED) is 0.509. The number of hydrogen-bond acceptors (Lipinski definition) is 0. The molecule has 0 amide bonds. The number of rotatable bonds is 2. The van der Waals surface area contributed by atoms with Crippen molar-refractivity contribution in [3.05, 3.63) is 69.7 Å². The van der Waals surface area contributed by atoms with Gasteiger partial charge in [0.05, 0.1) is 0 Å². The van der Waals surface area contributed by atoms with Gasteiger partial charge in [-0.15, -0.1) is 0 Å². The van der Waals surface area contributed by atoms with Gasteiger partial charge >= 0.3 is 0 Å². The first kappa shape index (κ1) is 15.4. The first-order valence-corrected chi connectivity index (χ1v) is 7.94. The second kappa shape index (κ2) is 8.35. The molecule has 0 aromatic heterocycles. The molecule has 0 nitrogen and oxygen atoms in total. The van der Waals surface area contributed by atoms with Gasteiger partial charge in [-0.3, -0.25) is 0 Å². The molecule has 104 valence electrons. The molecule has 0 aliphatic heterocycles. The molecule has 0 spiro atoms. The minimum absolute atomic E-state index is 0.974. The van der Waals surface area contributed by atoms with E-state index in [0.717, 1.165) is 27.6 Å². The zero-order valence-corrected chi connectivity index (χ0v) is 13.7. The van der Waals surface area contributed by atoms with E-state index in [2.05, 4.69) is 46.5 Å². The van der Waals surface area contributed by atoms with Crippen molar-refractivity contribution in [2.45, 2.75) is 26.2 Å². The maximum Gasteiger partial charge on any atom is 0.0249 e. The van der Waals surface area contributed by atoms with Crippen LogP contribution in [0.15, 0.2) is 53.0 Å². The third-order valence-electron chi connectivity index (χ3n) is 2.97. The van der Waals surface area contributed by atoms with Gasteiger partial charge in [0.25, 0.3) is 0 Å². The first-order chi connectivity index (χ1) is 10.3. The molecule has 0 bridgehead atoms. The highest BCUT2D eigenvalue weighted by atomic mass is 79.9. The molecule has 2 aromatic rings. The summed E-state index contributed by atoms with van der Waals surface area (Å²) in [4.78, 5) is 0. The van der Waals surface area contributed by atoms with Gasteiger partial charge in [-0.05, 0) is 55.0 Å². The molecular weight excluding hydrogens is 320 g/mol. The largest absolute Gasteiger partial charge is 0.0979 e. The summed E-state index contributed by atoms with van der Waals surface area (Å²) in [5, 5.41) is 0. The van der Waals surface area contributed by atoms with Gasteiger partial charge < -0.3 is 0 Å². The van der Waals surface area contributed by atoms with E-state index in [1.165, 1.54) is 12.8 Å². The number of unbranched alkanes of at least 4 members (excludes halogenated alkanes) is 2. The van der Waals surface area contributed by atoms with Crippen LogP contribution in [0, 0.1) is 23.7 Å². The molecule has 1 heteroatoms. The molecule has 2 rings (SSSR count). The molecule has 0 atom stereocenters. The molecule has 0 saturated heterocycles. The second-order valence-corrected chi connectivity index (χ2v) is 5.66. The molecule has 0 saturated carbocycles. The molecule has 0 N–H and O–H groups in total. The fourth-order valence-corrected chi connectivity index (χ4v) is 2.01. The third-order valence-corrected chi connectivity index (χ3v) is 3.50.